The summed E-state index contributed by atoms with van der Waals surface area (Å²) >= 11 is 5.81. The maximum atomic E-state index is 13.3. The predicted molar refractivity (Wildman–Crippen MR) is 93.3 cm³/mol. The Morgan fingerprint density at radius 1 is 1.30 bits per heavy atom. The maximum absolute atomic E-state index is 13.3. The number of anilines is 1. The van der Waals surface area contributed by atoms with E-state index in [2.05, 4.69) is 31.0 Å². The summed E-state index contributed by atoms with van der Waals surface area (Å²) in [5.74, 6) is -0.491. The van der Waals surface area contributed by atoms with Gasteiger partial charge in [-0.15, -0.1) is 0 Å². The minimum absolute atomic E-state index is 0.0112. The van der Waals surface area contributed by atoms with E-state index in [1.807, 2.05) is 0 Å². The number of hydrogen-bond acceptors (Lipinski definition) is 2. The van der Waals surface area contributed by atoms with Crippen LogP contribution in [0, 0.1) is 17.2 Å². The lowest BCUT2D eigenvalue weighted by Crippen LogP contribution is -2.39. The van der Waals surface area contributed by atoms with E-state index in [0.29, 0.717) is 11.1 Å². The highest BCUT2D eigenvalue weighted by Crippen LogP contribution is 2.24. The molecule has 1 aromatic carbocycles. The van der Waals surface area contributed by atoms with Gasteiger partial charge in [-0.1, -0.05) is 32.4 Å². The lowest BCUT2D eigenvalue weighted by atomic mass is 9.90. The Morgan fingerprint density at radius 3 is 2.52 bits per heavy atom. The van der Waals surface area contributed by atoms with E-state index in [1.165, 1.54) is 12.1 Å². The number of nitrogens with one attached hydrogen (secondary N) is 1. The molecule has 1 heterocycles. The number of piperidine rings is 1. The van der Waals surface area contributed by atoms with Crippen LogP contribution < -0.4 is 5.32 Å². The largest absolute Gasteiger partial charge is 0.326 e. The number of halogens is 2. The van der Waals surface area contributed by atoms with Gasteiger partial charge < -0.3 is 10.2 Å². The second-order valence-electron chi connectivity index (χ2n) is 7.57. The molecule has 0 aliphatic carbocycles. The van der Waals surface area contributed by atoms with Gasteiger partial charge in [0, 0.05) is 16.6 Å². The standard InChI is InChI=1S/C18H26ClFN2O/c1-18(2,3)6-9-22-7-4-13(5-8-22)17(23)21-16-11-14(19)10-15(20)12-16/h10-13H,4-9H2,1-3H3,(H,21,23). The van der Waals surface area contributed by atoms with E-state index < -0.39 is 5.82 Å². The number of rotatable bonds is 4. The van der Waals surface area contributed by atoms with Gasteiger partial charge in [0.25, 0.3) is 0 Å². The third kappa shape index (κ3) is 6.11. The topological polar surface area (TPSA) is 32.3 Å². The van der Waals surface area contributed by atoms with Crippen molar-refractivity contribution in [1.82, 2.24) is 4.90 Å². The van der Waals surface area contributed by atoms with Gasteiger partial charge in [-0.25, -0.2) is 4.39 Å². The van der Waals surface area contributed by atoms with Gasteiger partial charge in [-0.2, -0.15) is 0 Å². The Hall–Kier alpha value is -1.13. The molecule has 23 heavy (non-hydrogen) atoms. The maximum Gasteiger partial charge on any atom is 0.227 e. The van der Waals surface area contributed by atoms with Crippen molar-refractivity contribution in [2.45, 2.75) is 40.0 Å². The number of hydrogen-bond donors (Lipinski definition) is 1. The fraction of sp³-hybridized carbons (Fsp3) is 0.611. The molecule has 0 bridgehead atoms. The summed E-state index contributed by atoms with van der Waals surface area (Å²) in [6.07, 6.45) is 2.85. The van der Waals surface area contributed by atoms with Crippen LogP contribution in [0.3, 0.4) is 0 Å². The van der Waals surface area contributed by atoms with Gasteiger partial charge in [0.2, 0.25) is 5.91 Å². The van der Waals surface area contributed by atoms with Crippen molar-refractivity contribution in [3.05, 3.63) is 29.0 Å². The average Bonchev–Trinajstić information content (AvgIpc) is 2.43. The molecule has 1 saturated heterocycles. The Morgan fingerprint density at radius 2 is 1.96 bits per heavy atom. The molecule has 1 amide bonds. The van der Waals surface area contributed by atoms with Crippen LogP contribution >= 0.6 is 11.6 Å². The summed E-state index contributed by atoms with van der Waals surface area (Å²) in [5, 5.41) is 3.07. The summed E-state index contributed by atoms with van der Waals surface area (Å²) in [6, 6.07) is 4.09. The molecular weight excluding hydrogens is 315 g/mol. The number of amides is 1. The van der Waals surface area contributed by atoms with Crippen molar-refractivity contribution in [1.29, 1.82) is 0 Å². The van der Waals surface area contributed by atoms with Gasteiger partial charge in [0.15, 0.2) is 0 Å². The molecule has 0 radical (unpaired) electrons. The van der Waals surface area contributed by atoms with Crippen LogP contribution in [-0.4, -0.2) is 30.4 Å². The zero-order valence-corrected chi connectivity index (χ0v) is 14.9. The summed E-state index contributed by atoms with van der Waals surface area (Å²) < 4.78 is 13.3. The molecule has 1 aromatic rings. The van der Waals surface area contributed by atoms with Crippen molar-refractivity contribution in [2.75, 3.05) is 25.0 Å². The molecule has 0 saturated carbocycles. The van der Waals surface area contributed by atoms with Gasteiger partial charge in [0.1, 0.15) is 5.82 Å². The predicted octanol–water partition coefficient (Wildman–Crippen LogP) is 4.57. The van der Waals surface area contributed by atoms with Crippen molar-refractivity contribution >= 4 is 23.2 Å². The van der Waals surface area contributed by atoms with E-state index in [4.69, 9.17) is 11.6 Å². The lowest BCUT2D eigenvalue weighted by molar-refractivity contribution is -0.121. The second-order valence-corrected chi connectivity index (χ2v) is 8.01. The molecule has 1 aliphatic heterocycles. The molecule has 3 nitrogen and oxygen atoms in total. The fourth-order valence-electron chi connectivity index (χ4n) is 2.78. The SMILES string of the molecule is CC(C)(C)CCN1CCC(C(=O)Nc2cc(F)cc(Cl)c2)CC1. The summed E-state index contributed by atoms with van der Waals surface area (Å²) in [6.45, 7) is 9.71. The number of nitrogens with zero attached hydrogens (tertiary/aromatic N) is 1. The number of likely N-dealkylation sites (tertiary alicyclic amines) is 1. The second kappa shape index (κ2) is 7.63. The van der Waals surface area contributed by atoms with Gasteiger partial charge in [-0.05, 0) is 62.5 Å². The van der Waals surface area contributed by atoms with E-state index in [1.54, 1.807) is 6.07 Å². The minimum atomic E-state index is -0.440. The van der Waals surface area contributed by atoms with Crippen LogP contribution in [0.5, 0.6) is 0 Å². The van der Waals surface area contributed by atoms with Crippen LogP contribution in [0.15, 0.2) is 18.2 Å². The van der Waals surface area contributed by atoms with Crippen molar-refractivity contribution in [3.63, 3.8) is 0 Å². The Balaban J connectivity index is 1.81. The fourth-order valence-corrected chi connectivity index (χ4v) is 3.00. The van der Waals surface area contributed by atoms with Gasteiger partial charge in [-0.3, -0.25) is 4.79 Å². The number of carbonyl (C=O) groups excluding carboxylic acids is 1. The number of carbonyl (C=O) groups is 1. The van der Waals surface area contributed by atoms with Gasteiger partial charge >= 0.3 is 0 Å². The normalized spacial score (nSPS) is 17.3. The molecule has 0 atom stereocenters. The third-order valence-corrected chi connectivity index (χ3v) is 4.48. The highest BCUT2D eigenvalue weighted by molar-refractivity contribution is 6.30. The molecule has 1 aliphatic rings. The Labute approximate surface area is 143 Å². The first kappa shape index (κ1) is 18.2. The highest BCUT2D eigenvalue weighted by atomic mass is 35.5. The van der Waals surface area contributed by atoms with Crippen LogP contribution in [-0.2, 0) is 4.79 Å². The third-order valence-electron chi connectivity index (χ3n) is 4.27. The first-order valence-corrected chi connectivity index (χ1v) is 8.60. The lowest BCUT2D eigenvalue weighted by Gasteiger charge is -2.33. The zero-order chi connectivity index (χ0) is 17.0. The first-order valence-electron chi connectivity index (χ1n) is 8.22. The molecule has 1 fully saturated rings. The van der Waals surface area contributed by atoms with E-state index in [0.717, 1.165) is 38.9 Å². The average molecular weight is 341 g/mol. The minimum Gasteiger partial charge on any atom is -0.326 e. The molecule has 0 spiro atoms. The quantitative estimate of drug-likeness (QED) is 0.871. The molecule has 2 rings (SSSR count). The summed E-state index contributed by atoms with van der Waals surface area (Å²) in [7, 11) is 0. The van der Waals surface area contributed by atoms with Crippen LogP contribution in [0.4, 0.5) is 10.1 Å². The molecular formula is C18H26ClFN2O. The van der Waals surface area contributed by atoms with Crippen molar-refractivity contribution in [3.8, 4) is 0 Å². The van der Waals surface area contributed by atoms with Crippen LogP contribution in [0.1, 0.15) is 40.0 Å². The molecule has 5 heteroatoms. The first-order chi connectivity index (χ1) is 10.7. The van der Waals surface area contributed by atoms with E-state index in [-0.39, 0.29) is 16.8 Å². The molecule has 128 valence electrons. The zero-order valence-electron chi connectivity index (χ0n) is 14.2. The van der Waals surface area contributed by atoms with Crippen molar-refractivity contribution in [2.24, 2.45) is 11.3 Å². The molecule has 0 unspecified atom stereocenters. The summed E-state index contributed by atoms with van der Waals surface area (Å²) in [5.41, 5.74) is 0.764. The monoisotopic (exact) mass is 340 g/mol. The van der Waals surface area contributed by atoms with Crippen LogP contribution in [0.25, 0.3) is 0 Å². The number of benzene rings is 1. The molecule has 0 aromatic heterocycles. The van der Waals surface area contributed by atoms with E-state index in [9.17, 15) is 9.18 Å². The smallest absolute Gasteiger partial charge is 0.227 e. The molecule has 1 N–H and O–H groups in total. The Bertz CT molecular complexity index is 528. The summed E-state index contributed by atoms with van der Waals surface area (Å²) in [4.78, 5) is 14.7. The van der Waals surface area contributed by atoms with Crippen molar-refractivity contribution < 1.29 is 9.18 Å². The van der Waals surface area contributed by atoms with E-state index >= 15 is 0 Å². The Kier molecular flexibility index (Phi) is 6.04. The highest BCUT2D eigenvalue weighted by Gasteiger charge is 2.25. The van der Waals surface area contributed by atoms with Crippen LogP contribution in [0.2, 0.25) is 5.02 Å². The van der Waals surface area contributed by atoms with Gasteiger partial charge in [0.05, 0.1) is 0 Å².